The lowest BCUT2D eigenvalue weighted by Gasteiger charge is -2.26. The molecule has 16 aromatic carbocycles. The maximum absolute atomic E-state index is 5.20. The molecule has 5 nitrogen and oxygen atoms in total. The van der Waals surface area contributed by atoms with Crippen molar-refractivity contribution in [1.29, 1.82) is 0 Å². The van der Waals surface area contributed by atoms with E-state index in [9.17, 15) is 0 Å². The summed E-state index contributed by atoms with van der Waals surface area (Å²) in [7, 11) is 0. The van der Waals surface area contributed by atoms with Crippen molar-refractivity contribution in [2.75, 3.05) is 9.80 Å². The summed E-state index contributed by atoms with van der Waals surface area (Å²) in [6, 6.07) is 143. The van der Waals surface area contributed by atoms with Crippen molar-refractivity contribution in [3.8, 4) is 101 Å². The van der Waals surface area contributed by atoms with Crippen LogP contribution in [0.3, 0.4) is 0 Å². The summed E-state index contributed by atoms with van der Waals surface area (Å²) < 4.78 is 4.76. The normalized spacial score (nSPS) is 13.0. The summed E-state index contributed by atoms with van der Waals surface area (Å²) in [6.45, 7) is 9.44. The monoisotopic (exact) mass is 1430 g/mol. The highest BCUT2D eigenvalue weighted by Gasteiger charge is 2.37. The Labute approximate surface area is 653 Å². The van der Waals surface area contributed by atoms with Crippen LogP contribution in [0.5, 0.6) is 0 Å². The molecule has 0 aliphatic heterocycles. The van der Waals surface area contributed by atoms with E-state index in [0.29, 0.717) is 0 Å². The van der Waals surface area contributed by atoms with Crippen molar-refractivity contribution in [3.05, 3.63) is 417 Å². The number of rotatable bonds is 14. The molecule has 0 atom stereocenters. The van der Waals surface area contributed by atoms with Crippen molar-refractivity contribution in [3.63, 3.8) is 0 Å². The first kappa shape index (κ1) is 66.1. The van der Waals surface area contributed by atoms with E-state index in [-0.39, 0.29) is 10.8 Å². The average molecular weight is 1430 g/mol. The maximum Gasteiger partial charge on any atom is 0.0702 e. The zero-order valence-corrected chi connectivity index (χ0v) is 62.8. The lowest BCUT2D eigenvalue weighted by molar-refractivity contribution is 0.660. The van der Waals surface area contributed by atoms with Crippen LogP contribution in [0.15, 0.2) is 394 Å². The molecule has 0 radical (unpaired) electrons. The molecule has 0 amide bonds. The van der Waals surface area contributed by atoms with E-state index in [1.54, 1.807) is 0 Å². The molecule has 112 heavy (non-hydrogen) atoms. The van der Waals surface area contributed by atoms with Crippen molar-refractivity contribution in [2.24, 2.45) is 0 Å². The van der Waals surface area contributed by atoms with Gasteiger partial charge < -0.3 is 18.9 Å². The number of hydrogen-bond donors (Lipinski definition) is 0. The molecule has 5 heteroatoms. The van der Waals surface area contributed by atoms with Gasteiger partial charge in [0, 0.05) is 95.2 Å². The number of aromatic nitrogens is 3. The third-order valence-corrected chi connectivity index (χ3v) is 24.0. The van der Waals surface area contributed by atoms with Crippen LogP contribution in [0.4, 0.5) is 34.1 Å². The number of fused-ring (bicyclic) bond motifs is 12. The molecule has 0 fully saturated rings. The second-order valence-electron chi connectivity index (χ2n) is 31.1. The maximum atomic E-state index is 5.20. The largest absolute Gasteiger partial charge is 0.311 e. The highest BCUT2D eigenvalue weighted by Crippen LogP contribution is 2.53. The Morgan fingerprint density at radius 2 is 0.554 bits per heavy atom. The van der Waals surface area contributed by atoms with Crippen molar-refractivity contribution in [1.82, 2.24) is 14.1 Å². The number of para-hydroxylation sites is 4. The van der Waals surface area contributed by atoms with Crippen LogP contribution in [-0.4, -0.2) is 14.1 Å². The zero-order chi connectivity index (χ0) is 74.8. The molecule has 2 aliphatic carbocycles. The number of benzene rings is 16. The molecule has 0 saturated carbocycles. The summed E-state index contributed by atoms with van der Waals surface area (Å²) in [4.78, 5) is 9.96. The van der Waals surface area contributed by atoms with Crippen LogP contribution in [0.25, 0.3) is 144 Å². The first-order chi connectivity index (χ1) is 55.0. The molecule has 0 saturated heterocycles. The lowest BCUT2D eigenvalue weighted by Crippen LogP contribution is -2.15. The molecule has 3 heterocycles. The smallest absolute Gasteiger partial charge is 0.0702 e. The quantitative estimate of drug-likeness (QED) is 0.109. The molecular formula is C107H77N5. The molecule has 3 aromatic heterocycles. The molecule has 0 unspecified atom stereocenters. The Kier molecular flexibility index (Phi) is 15.5. The van der Waals surface area contributed by atoms with Crippen LogP contribution in [0.1, 0.15) is 49.9 Å². The van der Waals surface area contributed by atoms with Gasteiger partial charge in [-0.25, -0.2) is 0 Å². The van der Waals surface area contributed by atoms with Gasteiger partial charge in [-0.2, -0.15) is 0 Å². The van der Waals surface area contributed by atoms with Crippen LogP contribution in [0.2, 0.25) is 0 Å². The van der Waals surface area contributed by atoms with E-state index in [4.69, 9.17) is 4.98 Å². The van der Waals surface area contributed by atoms with Gasteiger partial charge in [-0.15, -0.1) is 0 Å². The number of hydrogen-bond acceptors (Lipinski definition) is 3. The minimum Gasteiger partial charge on any atom is -0.311 e. The van der Waals surface area contributed by atoms with E-state index in [1.807, 2.05) is 6.20 Å². The minimum absolute atomic E-state index is 0.0840. The predicted molar refractivity (Wildman–Crippen MR) is 470 cm³/mol. The molecule has 0 bridgehead atoms. The van der Waals surface area contributed by atoms with Crippen molar-refractivity contribution < 1.29 is 0 Å². The fourth-order valence-corrected chi connectivity index (χ4v) is 18.2. The van der Waals surface area contributed by atoms with Gasteiger partial charge in [-0.1, -0.05) is 264 Å². The van der Waals surface area contributed by atoms with Gasteiger partial charge >= 0.3 is 0 Å². The van der Waals surface area contributed by atoms with Gasteiger partial charge in [0.15, 0.2) is 0 Å². The fraction of sp³-hybridized carbons (Fsp3) is 0.0561. The molecule has 2 aliphatic rings. The molecule has 19 aromatic rings. The third-order valence-electron chi connectivity index (χ3n) is 24.0. The number of pyridine rings is 1. The molecular weight excluding hydrogens is 1360 g/mol. The van der Waals surface area contributed by atoms with Gasteiger partial charge in [-0.05, 0) is 246 Å². The number of anilines is 6. The Bertz CT molecular complexity index is 6850. The lowest BCUT2D eigenvalue weighted by atomic mass is 9.81. The van der Waals surface area contributed by atoms with Crippen LogP contribution < -0.4 is 9.80 Å². The Balaban J connectivity index is 0.565. The topological polar surface area (TPSA) is 29.2 Å². The standard InChI is InChI=1S/C107H77N5/c1-106(2)97-29-17-14-26-89(97)90-58-42-77(66-99(90)106)73-36-51-84(52-37-73)109(83-49-34-72(35-50-83)76-46-62-104-95(64-76)92-27-15-18-30-102(92)111(104)81-22-10-6-11-23-81)85-55-40-75(41-56-85)80-45-61-101(108-69-80)79-44-60-98-94(65-79)91-59-43-78(67-100(91)107(98,3)4)74-38-53-87(54-39-74)110(86-47-32-71(33-48-86)70-20-8-5-9-21-70)88-57-63-105-96(68-88)93-28-16-19-31-103(93)112(105)82-24-12-7-13-25-82/h5-69H,1-4H3. The second kappa shape index (κ2) is 26.3. The Morgan fingerprint density at radius 3 is 1.06 bits per heavy atom. The minimum atomic E-state index is -0.215. The number of nitrogens with zero attached hydrogens (tertiary/aromatic N) is 5. The highest BCUT2D eigenvalue weighted by atomic mass is 15.1. The van der Waals surface area contributed by atoms with Crippen LogP contribution in [0, 0.1) is 0 Å². The second-order valence-corrected chi connectivity index (χ2v) is 31.1. The summed E-state index contributed by atoms with van der Waals surface area (Å²) in [5, 5.41) is 4.91. The van der Waals surface area contributed by atoms with Gasteiger partial charge in [0.05, 0.1) is 27.8 Å². The SMILES string of the molecule is CC1(C)c2ccccc2-c2ccc(-c3ccc(N(c4ccc(-c5ccc(-c6ccc7c(c6)-c6ccc(-c8ccc(N(c9ccc(-c%10ccccc%10)cc9)c9ccc%10c(c9)c9ccccc9n%10-c9ccccc9)cc8)cc6C7(C)C)nc5)cc4)c4ccc(-c5ccc6c(c5)c5ccccc5n6-c5ccccc5)cc4)cc3)cc21. The Morgan fingerprint density at radius 1 is 0.214 bits per heavy atom. The van der Waals surface area contributed by atoms with Crippen LogP contribution >= 0.6 is 0 Å². The average Bonchev–Trinajstić information content (AvgIpc) is 1.59. The summed E-state index contributed by atoms with van der Waals surface area (Å²) in [5.41, 5.74) is 37.5. The van der Waals surface area contributed by atoms with Gasteiger partial charge in [0.2, 0.25) is 0 Å². The van der Waals surface area contributed by atoms with Gasteiger partial charge in [0.25, 0.3) is 0 Å². The van der Waals surface area contributed by atoms with Gasteiger partial charge in [0.1, 0.15) is 0 Å². The first-order valence-electron chi connectivity index (χ1n) is 38.9. The fourth-order valence-electron chi connectivity index (χ4n) is 18.2. The molecule has 530 valence electrons. The van der Waals surface area contributed by atoms with E-state index < -0.39 is 0 Å². The highest BCUT2D eigenvalue weighted by molar-refractivity contribution is 6.12. The third kappa shape index (κ3) is 11.0. The predicted octanol–water partition coefficient (Wildman–Crippen LogP) is 28.8. The molecule has 0 N–H and O–H groups in total. The van der Waals surface area contributed by atoms with E-state index in [0.717, 1.165) is 73.4 Å². The van der Waals surface area contributed by atoms with Crippen LogP contribution in [-0.2, 0) is 10.8 Å². The van der Waals surface area contributed by atoms with Crippen molar-refractivity contribution in [2.45, 2.75) is 38.5 Å². The van der Waals surface area contributed by atoms with Crippen molar-refractivity contribution >= 4 is 77.7 Å². The summed E-state index contributed by atoms with van der Waals surface area (Å²) in [5.74, 6) is 0. The van der Waals surface area contributed by atoms with E-state index >= 15 is 0 Å². The first-order valence-corrected chi connectivity index (χ1v) is 38.9. The zero-order valence-electron chi connectivity index (χ0n) is 62.8. The molecule has 0 spiro atoms. The van der Waals surface area contributed by atoms with E-state index in [2.05, 4.69) is 435 Å². The molecule has 21 rings (SSSR count). The Hall–Kier alpha value is -14.1. The summed E-state index contributed by atoms with van der Waals surface area (Å²) in [6.07, 6.45) is 2.03. The summed E-state index contributed by atoms with van der Waals surface area (Å²) >= 11 is 0. The van der Waals surface area contributed by atoms with E-state index in [1.165, 1.54) is 127 Å². The van der Waals surface area contributed by atoms with Gasteiger partial charge in [-0.3, -0.25) is 4.98 Å².